The van der Waals surface area contributed by atoms with Gasteiger partial charge in [-0.1, -0.05) is 11.6 Å². The maximum absolute atomic E-state index is 12.5. The summed E-state index contributed by atoms with van der Waals surface area (Å²) in [7, 11) is 0. The largest absolute Gasteiger partial charge is 0.461 e. The number of halogens is 1. The van der Waals surface area contributed by atoms with Gasteiger partial charge in [-0.05, 0) is 39.8 Å². The van der Waals surface area contributed by atoms with Gasteiger partial charge in [-0.15, -0.1) is 35.3 Å². The highest BCUT2D eigenvalue weighted by Crippen LogP contribution is 2.29. The number of hydrogen-bond donors (Lipinski definition) is 3. The van der Waals surface area contributed by atoms with Crippen LogP contribution in [0.25, 0.3) is 10.9 Å². The quantitative estimate of drug-likeness (QED) is 0.335. The number of aryl methyl sites for hydroxylation is 3. The topological polar surface area (TPSA) is 96.1 Å². The lowest BCUT2D eigenvalue weighted by Crippen LogP contribution is -2.23. The lowest BCUT2D eigenvalue weighted by atomic mass is 10.1. The molecule has 0 aliphatic rings. The molecule has 9 heteroatoms. The fourth-order valence-corrected chi connectivity index (χ4v) is 3.49. The van der Waals surface area contributed by atoms with Crippen molar-refractivity contribution in [1.82, 2.24) is 9.97 Å². The van der Waals surface area contributed by atoms with Crippen LogP contribution in [0, 0.1) is 20.8 Å². The van der Waals surface area contributed by atoms with Crippen molar-refractivity contribution >= 4 is 68.9 Å². The number of anilines is 2. The number of fused-ring (bicyclic) bond motifs is 1. The number of benzene rings is 1. The fourth-order valence-electron chi connectivity index (χ4n) is 2.68. The third kappa shape index (κ3) is 4.82. The lowest BCUT2D eigenvalue weighted by Gasteiger charge is -2.08. The standard InChI is InChI=1S/C19H22N4O3S.HI/c1-5-26-18(25)17-16(13-8-10(2)6-7-14(13)22-17)23-15(24)9-20-19-21-11(3)12(4)27-19;/h6-8,22H,5,9H2,1-4H3,(H,20,21)(H,23,24);1H. The molecular formula is C19H23IN4O3S. The van der Waals surface area contributed by atoms with Gasteiger partial charge in [0.1, 0.15) is 5.69 Å². The van der Waals surface area contributed by atoms with Gasteiger partial charge < -0.3 is 20.4 Å². The average Bonchev–Trinajstić information content (AvgIpc) is 3.13. The van der Waals surface area contributed by atoms with E-state index in [0.717, 1.165) is 27.0 Å². The van der Waals surface area contributed by atoms with Crippen LogP contribution in [0.2, 0.25) is 0 Å². The molecule has 0 atom stereocenters. The van der Waals surface area contributed by atoms with E-state index in [2.05, 4.69) is 20.6 Å². The molecule has 0 aliphatic carbocycles. The third-order valence-corrected chi connectivity index (χ3v) is 5.16. The van der Waals surface area contributed by atoms with Crippen molar-refractivity contribution in [2.75, 3.05) is 23.8 Å². The van der Waals surface area contributed by atoms with Crippen LogP contribution in [0.5, 0.6) is 0 Å². The van der Waals surface area contributed by atoms with E-state index in [1.165, 1.54) is 11.3 Å². The highest BCUT2D eigenvalue weighted by atomic mass is 127. The van der Waals surface area contributed by atoms with E-state index in [1.807, 2.05) is 39.0 Å². The maximum Gasteiger partial charge on any atom is 0.356 e. The molecule has 28 heavy (non-hydrogen) atoms. The molecule has 1 amide bonds. The molecule has 0 radical (unpaired) electrons. The van der Waals surface area contributed by atoms with E-state index < -0.39 is 5.97 Å². The molecule has 0 bridgehead atoms. The zero-order valence-corrected chi connectivity index (χ0v) is 19.3. The number of carbonyl (C=O) groups is 2. The number of aromatic nitrogens is 2. The second-order valence-electron chi connectivity index (χ2n) is 6.21. The number of esters is 1. The summed E-state index contributed by atoms with van der Waals surface area (Å²) in [5.41, 5.74) is 3.41. The van der Waals surface area contributed by atoms with Gasteiger partial charge in [0.15, 0.2) is 5.13 Å². The molecule has 150 valence electrons. The van der Waals surface area contributed by atoms with Gasteiger partial charge in [-0.3, -0.25) is 4.79 Å². The maximum atomic E-state index is 12.5. The molecule has 2 heterocycles. The Morgan fingerprint density at radius 1 is 1.25 bits per heavy atom. The van der Waals surface area contributed by atoms with Crippen LogP contribution in [0.1, 0.15) is 33.5 Å². The number of amides is 1. The minimum atomic E-state index is -0.499. The molecule has 7 nitrogen and oxygen atoms in total. The van der Waals surface area contributed by atoms with Crippen LogP contribution in [0.3, 0.4) is 0 Å². The zero-order valence-electron chi connectivity index (χ0n) is 16.1. The second kappa shape index (κ2) is 9.37. The first-order valence-electron chi connectivity index (χ1n) is 8.66. The van der Waals surface area contributed by atoms with Crippen molar-refractivity contribution in [3.63, 3.8) is 0 Å². The Kier molecular flexibility index (Phi) is 7.41. The monoisotopic (exact) mass is 514 g/mol. The summed E-state index contributed by atoms with van der Waals surface area (Å²) in [6.07, 6.45) is 0. The van der Waals surface area contributed by atoms with Gasteiger partial charge >= 0.3 is 5.97 Å². The SMILES string of the molecule is CCOC(=O)c1[nH]c2ccc(C)cc2c1NC(=O)CNc1nc(C)c(C)s1.I. The van der Waals surface area contributed by atoms with Crippen molar-refractivity contribution in [3.05, 3.63) is 40.0 Å². The van der Waals surface area contributed by atoms with E-state index in [1.54, 1.807) is 6.92 Å². The van der Waals surface area contributed by atoms with E-state index in [9.17, 15) is 9.59 Å². The second-order valence-corrected chi connectivity index (χ2v) is 7.41. The molecule has 0 unspecified atom stereocenters. The Labute approximate surface area is 184 Å². The smallest absolute Gasteiger partial charge is 0.356 e. The van der Waals surface area contributed by atoms with E-state index in [0.29, 0.717) is 10.8 Å². The number of nitrogens with zero attached hydrogens (tertiary/aromatic N) is 1. The van der Waals surface area contributed by atoms with Crippen LogP contribution < -0.4 is 10.6 Å². The van der Waals surface area contributed by atoms with Crippen LogP contribution in [-0.2, 0) is 9.53 Å². The third-order valence-electron chi connectivity index (χ3n) is 4.13. The number of H-pyrrole nitrogens is 1. The number of hydrogen-bond acceptors (Lipinski definition) is 6. The fraction of sp³-hybridized carbons (Fsp3) is 0.316. The molecule has 0 saturated heterocycles. The summed E-state index contributed by atoms with van der Waals surface area (Å²) in [6, 6.07) is 5.74. The zero-order chi connectivity index (χ0) is 19.6. The van der Waals surface area contributed by atoms with Crippen molar-refractivity contribution in [2.45, 2.75) is 27.7 Å². The molecule has 3 N–H and O–H groups in total. The van der Waals surface area contributed by atoms with E-state index in [-0.39, 0.29) is 48.7 Å². The molecular weight excluding hydrogens is 491 g/mol. The van der Waals surface area contributed by atoms with Crippen molar-refractivity contribution < 1.29 is 14.3 Å². The Hall–Kier alpha value is -2.14. The normalized spacial score (nSPS) is 10.4. The molecule has 0 fully saturated rings. The average molecular weight is 514 g/mol. The highest BCUT2D eigenvalue weighted by Gasteiger charge is 2.21. The Morgan fingerprint density at radius 3 is 2.64 bits per heavy atom. The van der Waals surface area contributed by atoms with Crippen LogP contribution >= 0.6 is 35.3 Å². The molecule has 3 aromatic rings. The lowest BCUT2D eigenvalue weighted by molar-refractivity contribution is -0.114. The van der Waals surface area contributed by atoms with Crippen LogP contribution in [0.4, 0.5) is 10.8 Å². The first kappa shape index (κ1) is 22.2. The number of aromatic amines is 1. The molecule has 0 saturated carbocycles. The van der Waals surface area contributed by atoms with E-state index >= 15 is 0 Å². The van der Waals surface area contributed by atoms with Gasteiger partial charge in [-0.25, -0.2) is 9.78 Å². The first-order valence-corrected chi connectivity index (χ1v) is 9.48. The van der Waals surface area contributed by atoms with Crippen molar-refractivity contribution in [1.29, 1.82) is 0 Å². The number of carbonyl (C=O) groups excluding carboxylic acids is 2. The Balaban J connectivity index is 0.00000280. The Bertz CT molecular complexity index is 993. The number of rotatable bonds is 6. The molecule has 3 rings (SSSR count). The highest BCUT2D eigenvalue weighted by molar-refractivity contribution is 14.0. The number of thiazole rings is 1. The van der Waals surface area contributed by atoms with Gasteiger partial charge in [0, 0.05) is 15.8 Å². The van der Waals surface area contributed by atoms with Gasteiger partial charge in [0.05, 0.1) is 24.5 Å². The predicted molar refractivity (Wildman–Crippen MR) is 123 cm³/mol. The number of nitrogens with one attached hydrogen (secondary N) is 3. The molecule has 2 aromatic heterocycles. The minimum absolute atomic E-state index is 0. The van der Waals surface area contributed by atoms with Gasteiger partial charge in [-0.2, -0.15) is 0 Å². The summed E-state index contributed by atoms with van der Waals surface area (Å²) in [6.45, 7) is 7.91. The minimum Gasteiger partial charge on any atom is -0.461 e. The van der Waals surface area contributed by atoms with E-state index in [4.69, 9.17) is 4.74 Å². The van der Waals surface area contributed by atoms with Crippen molar-refractivity contribution in [2.24, 2.45) is 0 Å². The summed E-state index contributed by atoms with van der Waals surface area (Å²) >= 11 is 1.50. The van der Waals surface area contributed by atoms with Crippen LogP contribution in [0.15, 0.2) is 18.2 Å². The van der Waals surface area contributed by atoms with Crippen molar-refractivity contribution in [3.8, 4) is 0 Å². The van der Waals surface area contributed by atoms with Crippen LogP contribution in [-0.4, -0.2) is 35.0 Å². The number of ether oxygens (including phenoxy) is 1. The Morgan fingerprint density at radius 2 is 2.00 bits per heavy atom. The summed E-state index contributed by atoms with van der Waals surface area (Å²) in [4.78, 5) is 33.3. The summed E-state index contributed by atoms with van der Waals surface area (Å²) < 4.78 is 5.11. The predicted octanol–water partition coefficient (Wildman–Crippen LogP) is 4.39. The summed E-state index contributed by atoms with van der Waals surface area (Å²) in [5.74, 6) is -0.769. The molecule has 1 aromatic carbocycles. The first-order chi connectivity index (χ1) is 12.9. The van der Waals surface area contributed by atoms with Gasteiger partial charge in [0.2, 0.25) is 5.91 Å². The molecule has 0 spiro atoms. The van der Waals surface area contributed by atoms with Gasteiger partial charge in [0.25, 0.3) is 0 Å². The molecule has 0 aliphatic heterocycles. The summed E-state index contributed by atoms with van der Waals surface area (Å²) in [5, 5.41) is 7.32.